The summed E-state index contributed by atoms with van der Waals surface area (Å²) in [5.41, 5.74) is 0. The van der Waals surface area contributed by atoms with Crippen LogP contribution in [-0.4, -0.2) is 50.3 Å². The molecule has 0 saturated carbocycles. The molecular formula is C18H38N2O. The number of nitrogens with zero attached hydrogens (tertiary/aromatic N) is 1. The van der Waals surface area contributed by atoms with Crippen LogP contribution in [0.3, 0.4) is 0 Å². The van der Waals surface area contributed by atoms with E-state index in [1.54, 1.807) is 0 Å². The molecule has 0 spiro atoms. The van der Waals surface area contributed by atoms with Crippen molar-refractivity contribution in [1.82, 2.24) is 10.2 Å². The predicted molar refractivity (Wildman–Crippen MR) is 91.9 cm³/mol. The Balaban J connectivity index is 2.10. The van der Waals surface area contributed by atoms with E-state index in [2.05, 4.69) is 31.1 Å². The van der Waals surface area contributed by atoms with Gasteiger partial charge in [-0.05, 0) is 20.0 Å². The topological polar surface area (TPSA) is 24.5 Å². The Morgan fingerprint density at radius 1 is 1.05 bits per heavy atom. The maximum atomic E-state index is 5.98. The summed E-state index contributed by atoms with van der Waals surface area (Å²) >= 11 is 0. The summed E-state index contributed by atoms with van der Waals surface area (Å²) < 4.78 is 5.98. The fourth-order valence-electron chi connectivity index (χ4n) is 3.23. The summed E-state index contributed by atoms with van der Waals surface area (Å²) in [6, 6.07) is 0.540. The van der Waals surface area contributed by atoms with E-state index in [1.807, 2.05) is 0 Å². The highest BCUT2D eigenvalue weighted by Gasteiger charge is 2.25. The van der Waals surface area contributed by atoms with Crippen LogP contribution in [-0.2, 0) is 4.74 Å². The van der Waals surface area contributed by atoms with Gasteiger partial charge in [-0.15, -0.1) is 0 Å². The van der Waals surface area contributed by atoms with Gasteiger partial charge in [-0.3, -0.25) is 0 Å². The van der Waals surface area contributed by atoms with Gasteiger partial charge in [0.25, 0.3) is 0 Å². The molecule has 2 unspecified atom stereocenters. The lowest BCUT2D eigenvalue weighted by molar-refractivity contribution is -0.0399. The summed E-state index contributed by atoms with van der Waals surface area (Å²) in [5, 5.41) is 3.64. The largest absolute Gasteiger partial charge is 0.374 e. The molecule has 1 aliphatic rings. The first-order valence-electron chi connectivity index (χ1n) is 9.31. The molecule has 2 atom stereocenters. The number of hydrogen-bond acceptors (Lipinski definition) is 3. The number of hydrogen-bond donors (Lipinski definition) is 1. The van der Waals surface area contributed by atoms with E-state index >= 15 is 0 Å². The standard InChI is InChI=1S/C18H38N2O/c1-4-6-7-8-9-10-11-12-13-17(19-5-2)18-16-20(3)14-15-21-18/h17-19H,4-16H2,1-3H3. The minimum atomic E-state index is 0.383. The van der Waals surface area contributed by atoms with Gasteiger partial charge in [0.15, 0.2) is 0 Å². The third-order valence-electron chi connectivity index (χ3n) is 4.58. The number of rotatable bonds is 12. The Morgan fingerprint density at radius 3 is 2.33 bits per heavy atom. The normalized spacial score (nSPS) is 21.6. The summed E-state index contributed by atoms with van der Waals surface area (Å²) in [7, 11) is 2.20. The molecule has 1 heterocycles. The van der Waals surface area contributed by atoms with Crippen molar-refractivity contribution >= 4 is 0 Å². The average molecular weight is 299 g/mol. The summed E-state index contributed by atoms with van der Waals surface area (Å²) in [6.07, 6.45) is 12.8. The lowest BCUT2D eigenvalue weighted by Gasteiger charge is -2.35. The third kappa shape index (κ3) is 8.80. The van der Waals surface area contributed by atoms with Crippen LogP contribution in [0.1, 0.15) is 71.6 Å². The maximum absolute atomic E-state index is 5.98. The smallest absolute Gasteiger partial charge is 0.0855 e. The second-order valence-electron chi connectivity index (χ2n) is 6.60. The van der Waals surface area contributed by atoms with Crippen LogP contribution >= 0.6 is 0 Å². The first kappa shape index (κ1) is 18.9. The first-order chi connectivity index (χ1) is 10.3. The highest BCUT2D eigenvalue weighted by atomic mass is 16.5. The van der Waals surface area contributed by atoms with Crippen molar-refractivity contribution in [3.63, 3.8) is 0 Å². The average Bonchev–Trinajstić information content (AvgIpc) is 2.49. The van der Waals surface area contributed by atoms with Gasteiger partial charge < -0.3 is 15.0 Å². The monoisotopic (exact) mass is 298 g/mol. The summed E-state index contributed by atoms with van der Waals surface area (Å²) in [6.45, 7) is 8.58. The van der Waals surface area contributed by atoms with Gasteiger partial charge in [-0.25, -0.2) is 0 Å². The van der Waals surface area contributed by atoms with Crippen molar-refractivity contribution in [3.8, 4) is 0 Å². The SMILES string of the molecule is CCCCCCCCCCC(NCC)C1CN(C)CCO1. The molecular weight excluding hydrogens is 260 g/mol. The van der Waals surface area contributed by atoms with Gasteiger partial charge in [0.1, 0.15) is 0 Å². The van der Waals surface area contributed by atoms with Crippen LogP contribution < -0.4 is 5.32 Å². The molecule has 0 amide bonds. The van der Waals surface area contributed by atoms with Crippen LogP contribution in [0.25, 0.3) is 0 Å². The zero-order valence-electron chi connectivity index (χ0n) is 14.7. The fourth-order valence-corrected chi connectivity index (χ4v) is 3.23. The van der Waals surface area contributed by atoms with Gasteiger partial charge in [-0.2, -0.15) is 0 Å². The van der Waals surface area contributed by atoms with Crippen molar-refractivity contribution < 1.29 is 4.74 Å². The number of nitrogens with one attached hydrogen (secondary N) is 1. The van der Waals surface area contributed by atoms with E-state index in [-0.39, 0.29) is 0 Å². The molecule has 0 aromatic carbocycles. The lowest BCUT2D eigenvalue weighted by Crippen LogP contribution is -2.51. The lowest BCUT2D eigenvalue weighted by atomic mass is 10.0. The molecule has 1 rings (SSSR count). The minimum absolute atomic E-state index is 0.383. The first-order valence-corrected chi connectivity index (χ1v) is 9.31. The fraction of sp³-hybridized carbons (Fsp3) is 1.00. The molecule has 0 aliphatic carbocycles. The van der Waals surface area contributed by atoms with Crippen LogP contribution in [0.4, 0.5) is 0 Å². The molecule has 21 heavy (non-hydrogen) atoms. The molecule has 0 bridgehead atoms. The summed E-state index contributed by atoms with van der Waals surface area (Å²) in [4.78, 5) is 2.40. The van der Waals surface area contributed by atoms with Crippen LogP contribution in [0.15, 0.2) is 0 Å². The second kappa shape index (κ2) is 12.4. The van der Waals surface area contributed by atoms with Crippen molar-refractivity contribution in [3.05, 3.63) is 0 Å². The van der Waals surface area contributed by atoms with E-state index in [4.69, 9.17) is 4.74 Å². The Labute approximate surface area is 132 Å². The van der Waals surface area contributed by atoms with Gasteiger partial charge in [0.05, 0.1) is 12.7 Å². The van der Waals surface area contributed by atoms with Crippen molar-refractivity contribution in [1.29, 1.82) is 0 Å². The van der Waals surface area contributed by atoms with Crippen molar-refractivity contribution in [2.75, 3.05) is 33.3 Å². The second-order valence-corrected chi connectivity index (χ2v) is 6.60. The molecule has 3 heteroatoms. The predicted octanol–water partition coefficient (Wildman–Crippen LogP) is 3.83. The maximum Gasteiger partial charge on any atom is 0.0855 e. The van der Waals surface area contributed by atoms with E-state index in [0.29, 0.717) is 12.1 Å². The Hall–Kier alpha value is -0.120. The van der Waals surface area contributed by atoms with Crippen molar-refractivity contribution in [2.24, 2.45) is 0 Å². The van der Waals surface area contributed by atoms with E-state index in [1.165, 1.54) is 57.8 Å². The zero-order chi connectivity index (χ0) is 15.3. The van der Waals surface area contributed by atoms with E-state index < -0.39 is 0 Å². The molecule has 0 aromatic heterocycles. The van der Waals surface area contributed by atoms with Crippen LogP contribution in [0.2, 0.25) is 0 Å². The van der Waals surface area contributed by atoms with Gasteiger partial charge >= 0.3 is 0 Å². The minimum Gasteiger partial charge on any atom is -0.374 e. The van der Waals surface area contributed by atoms with Crippen LogP contribution in [0.5, 0.6) is 0 Å². The van der Waals surface area contributed by atoms with Crippen LogP contribution in [0, 0.1) is 0 Å². The Kier molecular flexibility index (Phi) is 11.2. The highest BCUT2D eigenvalue weighted by Crippen LogP contribution is 2.15. The third-order valence-corrected chi connectivity index (χ3v) is 4.58. The van der Waals surface area contributed by atoms with E-state index in [0.717, 1.165) is 26.2 Å². The molecule has 1 fully saturated rings. The van der Waals surface area contributed by atoms with Gasteiger partial charge in [0, 0.05) is 19.1 Å². The number of unbranched alkanes of at least 4 members (excludes halogenated alkanes) is 7. The Morgan fingerprint density at radius 2 is 1.71 bits per heavy atom. The van der Waals surface area contributed by atoms with Gasteiger partial charge in [-0.1, -0.05) is 65.2 Å². The number of likely N-dealkylation sites (N-methyl/N-ethyl adjacent to an activating group) is 2. The zero-order valence-corrected chi connectivity index (χ0v) is 14.7. The summed E-state index contributed by atoms with van der Waals surface area (Å²) in [5.74, 6) is 0. The molecule has 3 nitrogen and oxygen atoms in total. The molecule has 0 aromatic rings. The number of morpholine rings is 1. The molecule has 1 N–H and O–H groups in total. The van der Waals surface area contributed by atoms with Gasteiger partial charge in [0.2, 0.25) is 0 Å². The molecule has 0 radical (unpaired) electrons. The highest BCUT2D eigenvalue weighted by molar-refractivity contribution is 4.81. The molecule has 1 saturated heterocycles. The van der Waals surface area contributed by atoms with E-state index in [9.17, 15) is 0 Å². The molecule has 1 aliphatic heterocycles. The Bertz CT molecular complexity index is 235. The van der Waals surface area contributed by atoms with Crippen molar-refractivity contribution in [2.45, 2.75) is 83.8 Å². The molecule has 126 valence electrons. The quantitative estimate of drug-likeness (QED) is 0.554. The number of ether oxygens (including phenoxy) is 1.